The third-order valence-electron chi connectivity index (χ3n) is 5.08. The number of fused-ring (bicyclic) bond motifs is 1. The molecule has 0 saturated heterocycles. The Labute approximate surface area is 192 Å². The third kappa shape index (κ3) is 4.59. The molecular formula is C21H24N6O3S2. The van der Waals surface area contributed by atoms with E-state index in [9.17, 15) is 9.90 Å². The third-order valence-corrected chi connectivity index (χ3v) is 7.98. The molecule has 0 amide bonds. The van der Waals surface area contributed by atoms with Gasteiger partial charge in [0.1, 0.15) is 0 Å². The zero-order valence-corrected chi connectivity index (χ0v) is 19.6. The number of anilines is 3. The van der Waals surface area contributed by atoms with E-state index in [0.29, 0.717) is 29.8 Å². The predicted molar refractivity (Wildman–Crippen MR) is 132 cm³/mol. The number of aromatic nitrogens is 3. The number of hydrogen-bond acceptors (Lipinski definition) is 9. The van der Waals surface area contributed by atoms with Crippen LogP contribution in [-0.4, -0.2) is 44.5 Å². The van der Waals surface area contributed by atoms with Crippen LogP contribution in [0.1, 0.15) is 24.0 Å². The second kappa shape index (κ2) is 9.63. The smallest absolute Gasteiger partial charge is 0.355 e. The molecule has 0 spiro atoms. The molecule has 0 fully saturated rings. The quantitative estimate of drug-likeness (QED) is 0.274. The van der Waals surface area contributed by atoms with Gasteiger partial charge in [0.05, 0.1) is 10.2 Å². The number of nitrogens with zero attached hydrogens (tertiary/aromatic N) is 4. The molecule has 32 heavy (non-hydrogen) atoms. The Hall–Kier alpha value is -3.02. The van der Waals surface area contributed by atoms with Crippen molar-refractivity contribution in [2.45, 2.75) is 26.7 Å². The summed E-state index contributed by atoms with van der Waals surface area (Å²) in [5, 5.41) is 25.0. The zero-order valence-electron chi connectivity index (χ0n) is 17.9. The van der Waals surface area contributed by atoms with E-state index in [1.807, 2.05) is 38.1 Å². The van der Waals surface area contributed by atoms with E-state index in [4.69, 9.17) is 4.74 Å². The normalized spacial score (nSPS) is 16.7. The number of carboxylic acid groups (broad SMARTS) is 1. The number of thiol groups is 1. The van der Waals surface area contributed by atoms with E-state index in [1.54, 1.807) is 24.6 Å². The van der Waals surface area contributed by atoms with Crippen LogP contribution in [0.25, 0.3) is 10.2 Å². The fourth-order valence-electron chi connectivity index (χ4n) is 3.24. The highest BCUT2D eigenvalue weighted by Crippen LogP contribution is 2.44. The molecule has 1 unspecified atom stereocenters. The molecule has 1 aliphatic rings. The van der Waals surface area contributed by atoms with E-state index in [1.165, 1.54) is 0 Å². The number of methoxy groups -OCH3 is 1. The largest absolute Gasteiger partial charge is 0.474 e. The lowest BCUT2D eigenvalue weighted by Crippen LogP contribution is -2.18. The average Bonchev–Trinajstić information content (AvgIpc) is 3.37. The number of carbonyl (C=O) groups is 1. The number of ether oxygens (including phenoxy) is 1. The van der Waals surface area contributed by atoms with Gasteiger partial charge in [-0.2, -0.15) is 0 Å². The summed E-state index contributed by atoms with van der Waals surface area (Å²) >= 11 is 1.55. The number of allylic oxidation sites excluding steroid dienone is 1. The van der Waals surface area contributed by atoms with Gasteiger partial charge in [-0.1, -0.05) is 34.4 Å². The first-order valence-corrected chi connectivity index (χ1v) is 12.2. The Kier molecular flexibility index (Phi) is 6.68. The maximum atomic E-state index is 11.9. The van der Waals surface area contributed by atoms with Gasteiger partial charge in [-0.25, -0.2) is 14.8 Å². The van der Waals surface area contributed by atoms with Gasteiger partial charge < -0.3 is 20.5 Å². The number of para-hydroxylation sites is 1. The summed E-state index contributed by atoms with van der Waals surface area (Å²) in [5.74, 6) is 1.11. The molecule has 3 N–H and O–H groups in total. The van der Waals surface area contributed by atoms with Gasteiger partial charge in [0, 0.05) is 35.9 Å². The van der Waals surface area contributed by atoms with Gasteiger partial charge in [0.15, 0.2) is 21.9 Å². The molecule has 3 heterocycles. The number of rotatable bonds is 7. The Morgan fingerprint density at radius 1 is 1.16 bits per heavy atom. The van der Waals surface area contributed by atoms with Crippen molar-refractivity contribution < 1.29 is 14.6 Å². The topological polar surface area (TPSA) is 122 Å². The molecule has 0 radical (unpaired) electrons. The molecule has 9 nitrogen and oxygen atoms in total. The highest BCUT2D eigenvalue weighted by molar-refractivity contribution is 8.44. The molecule has 0 bridgehead atoms. The van der Waals surface area contributed by atoms with Crippen LogP contribution in [0.5, 0.6) is 0 Å². The maximum absolute atomic E-state index is 11.9. The van der Waals surface area contributed by atoms with Gasteiger partial charge in [-0.3, -0.25) is 0 Å². The van der Waals surface area contributed by atoms with Gasteiger partial charge in [0.25, 0.3) is 0 Å². The highest BCUT2D eigenvalue weighted by Gasteiger charge is 2.28. The van der Waals surface area contributed by atoms with Crippen LogP contribution in [0.4, 0.5) is 21.6 Å². The number of amidine groups is 1. The average molecular weight is 473 g/mol. The number of thiazole rings is 1. The Balaban J connectivity index is 1.50. The fraction of sp³-hybridized carbons (Fsp3) is 0.286. The minimum absolute atomic E-state index is 0.406. The first-order valence-electron chi connectivity index (χ1n) is 10.00. The fourth-order valence-corrected chi connectivity index (χ4v) is 5.75. The predicted octanol–water partition coefficient (Wildman–Crippen LogP) is 5.18. The maximum Gasteiger partial charge on any atom is 0.355 e. The molecule has 0 saturated carbocycles. The lowest BCUT2D eigenvalue weighted by atomic mass is 10.2. The molecule has 2 aromatic heterocycles. The van der Waals surface area contributed by atoms with E-state index < -0.39 is 16.2 Å². The standard InChI is InChI=1S/C21H24N6O3S2/c1-12-13(2)18(25-20-22-11-14(7-6-10-30-3)32(20)21(28)29)27-26-17(12)24-19-23-15-8-4-5-9-16(15)31-19/h4-5,8-9,11,32H,6-7,10H2,1-3H3,(H,28,29)(H,22,25,27)(H,23,24,26). The Bertz CT molecular complexity index is 1190. The molecule has 11 heteroatoms. The van der Waals surface area contributed by atoms with Crippen molar-refractivity contribution in [1.29, 1.82) is 0 Å². The van der Waals surface area contributed by atoms with E-state index in [2.05, 4.69) is 30.8 Å². The molecule has 4 rings (SSSR count). The minimum Gasteiger partial charge on any atom is -0.474 e. The summed E-state index contributed by atoms with van der Waals surface area (Å²) < 4.78 is 6.16. The Morgan fingerprint density at radius 3 is 2.56 bits per heavy atom. The van der Waals surface area contributed by atoms with Crippen LogP contribution < -0.4 is 10.6 Å². The van der Waals surface area contributed by atoms with Crippen LogP contribution >= 0.6 is 22.2 Å². The second-order valence-electron chi connectivity index (χ2n) is 7.17. The zero-order chi connectivity index (χ0) is 22.7. The van der Waals surface area contributed by atoms with Gasteiger partial charge in [0.2, 0.25) is 0 Å². The van der Waals surface area contributed by atoms with Crippen LogP contribution in [0.15, 0.2) is 40.4 Å². The first-order chi connectivity index (χ1) is 15.5. The van der Waals surface area contributed by atoms with Crippen molar-refractivity contribution in [3.63, 3.8) is 0 Å². The van der Waals surface area contributed by atoms with E-state index in [0.717, 1.165) is 37.8 Å². The molecule has 0 aliphatic carbocycles. The van der Waals surface area contributed by atoms with Crippen molar-refractivity contribution in [2.75, 3.05) is 24.4 Å². The summed E-state index contributed by atoms with van der Waals surface area (Å²) in [6.45, 7) is 4.44. The molecule has 168 valence electrons. The summed E-state index contributed by atoms with van der Waals surface area (Å²) in [6.07, 6.45) is 3.03. The van der Waals surface area contributed by atoms with E-state index in [-0.39, 0.29) is 0 Å². The van der Waals surface area contributed by atoms with Crippen molar-refractivity contribution in [3.8, 4) is 0 Å². The van der Waals surface area contributed by atoms with Crippen molar-refractivity contribution in [1.82, 2.24) is 15.2 Å². The van der Waals surface area contributed by atoms with Crippen molar-refractivity contribution in [2.24, 2.45) is 4.99 Å². The van der Waals surface area contributed by atoms with Crippen LogP contribution in [0.2, 0.25) is 0 Å². The lowest BCUT2D eigenvalue weighted by Gasteiger charge is -2.19. The molecule has 1 atom stereocenters. The van der Waals surface area contributed by atoms with Crippen LogP contribution in [-0.2, 0) is 4.74 Å². The number of benzene rings is 1. The van der Waals surface area contributed by atoms with Crippen molar-refractivity contribution >= 4 is 59.7 Å². The summed E-state index contributed by atoms with van der Waals surface area (Å²) in [6, 6.07) is 7.93. The SMILES string of the molecule is COCCCC1=CN=C(Nc2nnc(Nc3nc4ccccc4s3)c(C)c2C)[SH]1C(=O)O. The molecule has 1 aliphatic heterocycles. The van der Waals surface area contributed by atoms with E-state index >= 15 is 0 Å². The molecule has 3 aromatic rings. The van der Waals surface area contributed by atoms with Gasteiger partial charge >= 0.3 is 5.30 Å². The summed E-state index contributed by atoms with van der Waals surface area (Å²) in [4.78, 5) is 21.6. The monoisotopic (exact) mass is 472 g/mol. The summed E-state index contributed by atoms with van der Waals surface area (Å²) in [7, 11) is 0.0474. The minimum atomic E-state index is -1.58. The van der Waals surface area contributed by atoms with Gasteiger partial charge in [-0.15, -0.1) is 10.2 Å². The Morgan fingerprint density at radius 2 is 1.88 bits per heavy atom. The van der Waals surface area contributed by atoms with Crippen LogP contribution in [0, 0.1) is 13.8 Å². The van der Waals surface area contributed by atoms with Gasteiger partial charge in [-0.05, 0) is 38.8 Å². The lowest BCUT2D eigenvalue weighted by molar-refractivity contribution is 0.195. The van der Waals surface area contributed by atoms with Crippen LogP contribution in [0.3, 0.4) is 0 Å². The van der Waals surface area contributed by atoms with Crippen molar-refractivity contribution in [3.05, 3.63) is 46.5 Å². The highest BCUT2D eigenvalue weighted by atomic mass is 32.2. The first kappa shape index (κ1) is 22.2. The molecule has 1 aromatic carbocycles. The summed E-state index contributed by atoms with van der Waals surface area (Å²) in [5.41, 5.74) is 2.68. The second-order valence-corrected chi connectivity index (χ2v) is 10.3. The molecular weight excluding hydrogens is 448 g/mol. The number of nitrogens with one attached hydrogen (secondary N) is 2. The number of hydrogen-bond donors (Lipinski definition) is 4. The number of aliphatic imine (C=N–C) groups is 1.